The fourth-order valence-electron chi connectivity index (χ4n) is 4.50. The zero-order valence-electron chi connectivity index (χ0n) is 19.1. The summed E-state index contributed by atoms with van der Waals surface area (Å²) in [6.45, 7) is 1.84. The van der Waals surface area contributed by atoms with Crippen molar-refractivity contribution < 1.29 is 18.1 Å². The number of rotatable bonds is 6. The highest BCUT2D eigenvalue weighted by Gasteiger charge is 2.26. The van der Waals surface area contributed by atoms with E-state index < -0.39 is 17.5 Å². The van der Waals surface area contributed by atoms with Crippen molar-refractivity contribution in [3.8, 4) is 10.4 Å². The Morgan fingerprint density at radius 3 is 2.46 bits per heavy atom. The molecule has 6 nitrogen and oxygen atoms in total. The minimum Gasteiger partial charge on any atom is -0.339 e. The summed E-state index contributed by atoms with van der Waals surface area (Å²) in [5, 5.41) is 7.70. The number of carbonyl (C=O) groups excluding carboxylic acids is 1. The second kappa shape index (κ2) is 10.0. The van der Waals surface area contributed by atoms with Gasteiger partial charge < -0.3 is 9.84 Å². The maximum atomic E-state index is 13.4. The normalized spacial score (nSPS) is 17.9. The van der Waals surface area contributed by atoms with Crippen LogP contribution in [-0.2, 0) is 6.42 Å². The lowest BCUT2D eigenvalue weighted by Crippen LogP contribution is -2.15. The minimum atomic E-state index is -0.790. The molecule has 0 radical (unpaired) electrons. The lowest BCUT2D eigenvalue weighted by atomic mass is 9.81. The van der Waals surface area contributed by atoms with E-state index in [1.165, 1.54) is 0 Å². The Hall–Kier alpha value is -3.46. The lowest BCUT2D eigenvalue weighted by molar-refractivity contribution is 0.102. The van der Waals surface area contributed by atoms with E-state index in [0.29, 0.717) is 23.3 Å². The van der Waals surface area contributed by atoms with Crippen LogP contribution in [-0.4, -0.2) is 21.0 Å². The average molecular weight is 495 g/mol. The highest BCUT2D eigenvalue weighted by Crippen LogP contribution is 2.40. The highest BCUT2D eigenvalue weighted by atomic mass is 32.1. The van der Waals surface area contributed by atoms with E-state index in [4.69, 9.17) is 9.51 Å². The number of hydrogen-bond acceptors (Lipinski definition) is 6. The van der Waals surface area contributed by atoms with Crippen LogP contribution in [0.4, 0.5) is 14.5 Å². The molecule has 2 aromatic carbocycles. The number of benzene rings is 2. The molecule has 1 amide bonds. The average Bonchev–Trinajstić information content (AvgIpc) is 3.49. The Bertz CT molecular complexity index is 1310. The van der Waals surface area contributed by atoms with Gasteiger partial charge in [0, 0.05) is 35.9 Å². The SMILES string of the molecule is Cc1noc(CC2CCC(c3ncc(-c4ccc(NC(=O)c5cc(F)cc(F)c5)cc4)s3)CC2)n1. The highest BCUT2D eigenvalue weighted by molar-refractivity contribution is 7.15. The van der Waals surface area contributed by atoms with E-state index in [0.717, 1.165) is 71.6 Å². The number of anilines is 1. The number of amides is 1. The Morgan fingerprint density at radius 2 is 1.80 bits per heavy atom. The van der Waals surface area contributed by atoms with Gasteiger partial charge >= 0.3 is 0 Å². The van der Waals surface area contributed by atoms with Gasteiger partial charge in [-0.1, -0.05) is 17.3 Å². The first-order valence-electron chi connectivity index (χ1n) is 11.6. The lowest BCUT2D eigenvalue weighted by Gasteiger charge is -2.26. The van der Waals surface area contributed by atoms with E-state index in [9.17, 15) is 13.6 Å². The Balaban J connectivity index is 1.18. The number of nitrogens with zero attached hydrogens (tertiary/aromatic N) is 3. The summed E-state index contributed by atoms with van der Waals surface area (Å²) in [6, 6.07) is 10.1. The van der Waals surface area contributed by atoms with Gasteiger partial charge in [0.2, 0.25) is 5.89 Å². The molecule has 9 heteroatoms. The summed E-state index contributed by atoms with van der Waals surface area (Å²) in [5.41, 5.74) is 1.48. The van der Waals surface area contributed by atoms with Crippen molar-refractivity contribution in [3.63, 3.8) is 0 Å². The second-order valence-electron chi connectivity index (χ2n) is 8.91. The van der Waals surface area contributed by atoms with Crippen molar-refractivity contribution in [2.24, 2.45) is 5.92 Å². The van der Waals surface area contributed by atoms with Gasteiger partial charge in [0.1, 0.15) is 11.6 Å². The van der Waals surface area contributed by atoms with Crippen LogP contribution in [0.3, 0.4) is 0 Å². The number of nitrogens with one attached hydrogen (secondary N) is 1. The third kappa shape index (κ3) is 5.62. The van der Waals surface area contributed by atoms with Crippen LogP contribution < -0.4 is 5.32 Å². The topological polar surface area (TPSA) is 80.9 Å². The quantitative estimate of drug-likeness (QED) is 0.329. The Morgan fingerprint density at radius 1 is 1.09 bits per heavy atom. The van der Waals surface area contributed by atoms with Crippen LogP contribution in [0.5, 0.6) is 0 Å². The fourth-order valence-corrected chi connectivity index (χ4v) is 5.59. The fraction of sp³-hybridized carbons (Fsp3) is 0.308. The predicted molar refractivity (Wildman–Crippen MR) is 129 cm³/mol. The van der Waals surface area contributed by atoms with E-state index in [-0.39, 0.29) is 5.56 Å². The smallest absolute Gasteiger partial charge is 0.255 e. The Kier molecular flexibility index (Phi) is 6.68. The number of halogens is 2. The molecule has 1 fully saturated rings. The van der Waals surface area contributed by atoms with Crippen molar-refractivity contribution in [1.29, 1.82) is 0 Å². The number of aromatic nitrogens is 3. The molecule has 5 rings (SSSR count). The van der Waals surface area contributed by atoms with Crippen molar-refractivity contribution in [3.05, 3.63) is 82.6 Å². The summed E-state index contributed by atoms with van der Waals surface area (Å²) < 4.78 is 32.0. The van der Waals surface area contributed by atoms with Crippen LogP contribution >= 0.6 is 11.3 Å². The van der Waals surface area contributed by atoms with Gasteiger partial charge in [0.05, 0.1) is 9.88 Å². The molecule has 1 saturated carbocycles. The molecule has 2 heterocycles. The van der Waals surface area contributed by atoms with Crippen molar-refractivity contribution in [2.45, 2.75) is 44.9 Å². The van der Waals surface area contributed by atoms with Crippen LogP contribution in [0.2, 0.25) is 0 Å². The standard InChI is InChI=1S/C26H24F2N4O2S/c1-15-30-24(34-32-15)10-16-2-4-18(5-3-16)26-29-14-23(35-26)17-6-8-22(9-7-17)31-25(33)19-11-20(27)13-21(28)12-19/h6-9,11-14,16,18H,2-5,10H2,1H3,(H,31,33). The second-order valence-corrected chi connectivity index (χ2v) is 9.97. The van der Waals surface area contributed by atoms with Gasteiger partial charge in [-0.25, -0.2) is 13.8 Å². The zero-order chi connectivity index (χ0) is 24.4. The summed E-state index contributed by atoms with van der Waals surface area (Å²) in [6.07, 6.45) is 7.16. The number of thiazole rings is 1. The van der Waals surface area contributed by atoms with Crippen LogP contribution in [0.15, 0.2) is 53.2 Å². The van der Waals surface area contributed by atoms with E-state index in [1.54, 1.807) is 23.5 Å². The molecular weight excluding hydrogens is 470 g/mol. The first-order chi connectivity index (χ1) is 16.9. The van der Waals surface area contributed by atoms with Crippen molar-refractivity contribution in [2.75, 3.05) is 5.32 Å². The molecule has 35 heavy (non-hydrogen) atoms. The van der Waals surface area contributed by atoms with E-state index >= 15 is 0 Å². The Labute approximate surface area is 205 Å². The summed E-state index contributed by atoms with van der Waals surface area (Å²) >= 11 is 1.70. The molecule has 0 bridgehead atoms. The first kappa shape index (κ1) is 23.3. The van der Waals surface area contributed by atoms with Crippen molar-refractivity contribution in [1.82, 2.24) is 15.1 Å². The molecule has 180 valence electrons. The van der Waals surface area contributed by atoms with E-state index in [1.807, 2.05) is 25.3 Å². The molecule has 0 saturated heterocycles. The molecule has 0 unspecified atom stereocenters. The molecule has 1 aliphatic rings. The van der Waals surface area contributed by atoms with Crippen LogP contribution in [0.1, 0.15) is 58.7 Å². The maximum Gasteiger partial charge on any atom is 0.255 e. The van der Waals surface area contributed by atoms with Gasteiger partial charge in [0.15, 0.2) is 5.82 Å². The van der Waals surface area contributed by atoms with Gasteiger partial charge in [-0.05, 0) is 68.4 Å². The number of carbonyl (C=O) groups is 1. The molecule has 0 atom stereocenters. The summed E-state index contributed by atoms with van der Waals surface area (Å²) in [7, 11) is 0. The molecule has 0 spiro atoms. The van der Waals surface area contributed by atoms with Gasteiger partial charge in [-0.2, -0.15) is 4.98 Å². The minimum absolute atomic E-state index is 0.0689. The van der Waals surface area contributed by atoms with Crippen molar-refractivity contribution >= 4 is 22.9 Å². The summed E-state index contributed by atoms with van der Waals surface area (Å²) in [4.78, 5) is 22.4. The van der Waals surface area contributed by atoms with Gasteiger partial charge in [-0.15, -0.1) is 11.3 Å². The molecule has 0 aliphatic heterocycles. The maximum absolute atomic E-state index is 13.4. The molecule has 4 aromatic rings. The number of hydrogen-bond donors (Lipinski definition) is 1. The number of aryl methyl sites for hydroxylation is 1. The van der Waals surface area contributed by atoms with Crippen LogP contribution in [0, 0.1) is 24.5 Å². The van der Waals surface area contributed by atoms with E-state index in [2.05, 4.69) is 15.5 Å². The monoisotopic (exact) mass is 494 g/mol. The molecule has 2 aromatic heterocycles. The molecular formula is C26H24F2N4O2S. The third-order valence-electron chi connectivity index (χ3n) is 6.30. The van der Waals surface area contributed by atoms with Gasteiger partial charge in [-0.3, -0.25) is 4.79 Å². The van der Waals surface area contributed by atoms with Crippen LogP contribution in [0.25, 0.3) is 10.4 Å². The van der Waals surface area contributed by atoms with Gasteiger partial charge in [0.25, 0.3) is 5.91 Å². The predicted octanol–water partition coefficient (Wildman–Crippen LogP) is 6.55. The summed E-state index contributed by atoms with van der Waals surface area (Å²) in [5.74, 6) is 0.285. The third-order valence-corrected chi connectivity index (χ3v) is 7.51. The largest absolute Gasteiger partial charge is 0.339 e. The molecule has 1 aliphatic carbocycles. The first-order valence-corrected chi connectivity index (χ1v) is 12.4. The molecule has 1 N–H and O–H groups in total. The zero-order valence-corrected chi connectivity index (χ0v) is 19.9.